The highest BCUT2D eigenvalue weighted by Crippen LogP contribution is 2.33. The number of benzene rings is 1. The molecule has 3 rings (SSSR count). The third-order valence-corrected chi connectivity index (χ3v) is 4.12. The molecule has 2 aliphatic heterocycles. The number of rotatable bonds is 3. The lowest BCUT2D eigenvalue weighted by Crippen LogP contribution is -2.50. The highest BCUT2D eigenvalue weighted by Gasteiger charge is 2.39. The Bertz CT molecular complexity index is 631. The van der Waals surface area contributed by atoms with E-state index in [-0.39, 0.29) is 36.8 Å². The lowest BCUT2D eigenvalue weighted by Gasteiger charge is -2.41. The van der Waals surface area contributed by atoms with Crippen molar-refractivity contribution in [3.8, 4) is 0 Å². The fourth-order valence-electron chi connectivity index (χ4n) is 2.77. The number of carbonyl (C=O) groups is 3. The Labute approximate surface area is 127 Å². The topological polar surface area (TPSA) is 60.9 Å². The molecule has 2 heterocycles. The molecule has 0 N–H and O–H groups in total. The number of nitrogens with zero attached hydrogens (tertiary/aromatic N) is 3. The van der Waals surface area contributed by atoms with Crippen LogP contribution in [0.3, 0.4) is 0 Å². The molecular weight excluding hydrogens is 289 g/mol. The number of urea groups is 1. The minimum Gasteiger partial charge on any atom is -0.334 e. The van der Waals surface area contributed by atoms with Crippen molar-refractivity contribution in [2.75, 3.05) is 26.7 Å². The average Bonchev–Trinajstić information content (AvgIpc) is 2.67. The predicted octanol–water partition coefficient (Wildman–Crippen LogP) is 0.993. The molecular formula is C15H16FN3O3. The summed E-state index contributed by atoms with van der Waals surface area (Å²) in [4.78, 5) is 39.7. The highest BCUT2D eigenvalue weighted by molar-refractivity contribution is 6.04. The van der Waals surface area contributed by atoms with E-state index >= 15 is 0 Å². The van der Waals surface area contributed by atoms with E-state index in [1.54, 1.807) is 17.0 Å². The highest BCUT2D eigenvalue weighted by atomic mass is 19.1. The van der Waals surface area contributed by atoms with Crippen LogP contribution in [0.4, 0.5) is 9.18 Å². The van der Waals surface area contributed by atoms with Crippen LogP contribution in [0.5, 0.6) is 0 Å². The largest absolute Gasteiger partial charge is 0.334 e. The first-order chi connectivity index (χ1) is 10.5. The summed E-state index contributed by atoms with van der Waals surface area (Å²) in [5.74, 6) is -0.950. The minimum absolute atomic E-state index is 0.00744. The lowest BCUT2D eigenvalue weighted by atomic mass is 9.94. The number of likely N-dealkylation sites (N-methyl/N-ethyl adjacent to an activating group) is 1. The molecule has 116 valence electrons. The van der Waals surface area contributed by atoms with Gasteiger partial charge in [0.1, 0.15) is 18.9 Å². The number of imide groups is 1. The van der Waals surface area contributed by atoms with Crippen molar-refractivity contribution in [1.82, 2.24) is 14.7 Å². The number of amides is 4. The van der Waals surface area contributed by atoms with Gasteiger partial charge in [-0.1, -0.05) is 12.1 Å². The second-order valence-corrected chi connectivity index (χ2v) is 5.56. The maximum atomic E-state index is 13.0. The van der Waals surface area contributed by atoms with Crippen LogP contribution in [0.15, 0.2) is 24.3 Å². The molecule has 4 amide bonds. The molecule has 0 aromatic heterocycles. The van der Waals surface area contributed by atoms with Gasteiger partial charge in [0.15, 0.2) is 0 Å². The van der Waals surface area contributed by atoms with Crippen LogP contribution in [0.2, 0.25) is 0 Å². The van der Waals surface area contributed by atoms with Crippen LogP contribution < -0.4 is 0 Å². The van der Waals surface area contributed by atoms with Gasteiger partial charge in [0.05, 0.1) is 6.04 Å². The van der Waals surface area contributed by atoms with Crippen molar-refractivity contribution in [3.05, 3.63) is 35.6 Å². The van der Waals surface area contributed by atoms with Crippen molar-refractivity contribution in [2.45, 2.75) is 12.5 Å². The van der Waals surface area contributed by atoms with Gasteiger partial charge >= 0.3 is 6.03 Å². The Morgan fingerprint density at radius 3 is 2.45 bits per heavy atom. The Hall–Kier alpha value is -2.44. The molecule has 0 radical (unpaired) electrons. The van der Waals surface area contributed by atoms with Gasteiger partial charge in [-0.2, -0.15) is 0 Å². The summed E-state index contributed by atoms with van der Waals surface area (Å²) in [6.07, 6.45) is 0.791. The zero-order valence-corrected chi connectivity index (χ0v) is 12.2. The molecule has 2 saturated heterocycles. The van der Waals surface area contributed by atoms with Crippen LogP contribution in [0.1, 0.15) is 18.0 Å². The van der Waals surface area contributed by atoms with Gasteiger partial charge in [-0.25, -0.2) is 9.18 Å². The molecule has 1 atom stereocenters. The monoisotopic (exact) mass is 305 g/mol. The van der Waals surface area contributed by atoms with Crippen LogP contribution >= 0.6 is 0 Å². The molecule has 0 spiro atoms. The fourth-order valence-corrected chi connectivity index (χ4v) is 2.77. The zero-order valence-electron chi connectivity index (χ0n) is 12.2. The van der Waals surface area contributed by atoms with Gasteiger partial charge in [0.25, 0.3) is 5.91 Å². The van der Waals surface area contributed by atoms with Crippen molar-refractivity contribution >= 4 is 17.8 Å². The predicted molar refractivity (Wildman–Crippen MR) is 75.2 cm³/mol. The van der Waals surface area contributed by atoms with E-state index < -0.39 is 6.03 Å². The van der Waals surface area contributed by atoms with E-state index in [1.165, 1.54) is 24.1 Å². The maximum Gasteiger partial charge on any atom is 0.327 e. The normalized spacial score (nSPS) is 21.4. The average molecular weight is 305 g/mol. The summed E-state index contributed by atoms with van der Waals surface area (Å²) in [5.41, 5.74) is 0.859. The van der Waals surface area contributed by atoms with E-state index in [0.717, 1.165) is 16.9 Å². The van der Waals surface area contributed by atoms with E-state index in [1.807, 2.05) is 0 Å². The van der Waals surface area contributed by atoms with E-state index in [2.05, 4.69) is 0 Å². The van der Waals surface area contributed by atoms with E-state index in [4.69, 9.17) is 0 Å². The van der Waals surface area contributed by atoms with Gasteiger partial charge in [0.2, 0.25) is 5.91 Å². The second-order valence-electron chi connectivity index (χ2n) is 5.56. The summed E-state index contributed by atoms with van der Waals surface area (Å²) in [6, 6.07) is 5.46. The van der Waals surface area contributed by atoms with Gasteiger partial charge in [0, 0.05) is 13.6 Å². The molecule has 0 unspecified atom stereocenters. The number of hydrogen-bond acceptors (Lipinski definition) is 3. The van der Waals surface area contributed by atoms with Gasteiger partial charge in [-0.15, -0.1) is 0 Å². The summed E-state index contributed by atoms with van der Waals surface area (Å²) >= 11 is 0. The lowest BCUT2D eigenvalue weighted by molar-refractivity contribution is -0.142. The molecule has 1 aromatic carbocycles. The van der Waals surface area contributed by atoms with Crippen molar-refractivity contribution < 1.29 is 18.8 Å². The summed E-state index contributed by atoms with van der Waals surface area (Å²) in [7, 11) is 1.52. The molecule has 0 saturated carbocycles. The molecule has 2 aliphatic rings. The molecule has 2 fully saturated rings. The third kappa shape index (κ3) is 2.43. The van der Waals surface area contributed by atoms with Gasteiger partial charge in [-0.05, 0) is 24.1 Å². The SMILES string of the molecule is CN1CC(=O)N(CC(=O)N2CC[C@@H]2c2ccc(F)cc2)C1=O. The van der Waals surface area contributed by atoms with Crippen LogP contribution in [-0.4, -0.2) is 59.2 Å². The molecule has 7 heteroatoms. The van der Waals surface area contributed by atoms with Crippen LogP contribution in [-0.2, 0) is 9.59 Å². The fraction of sp³-hybridized carbons (Fsp3) is 0.400. The van der Waals surface area contributed by atoms with E-state index in [0.29, 0.717) is 6.54 Å². The van der Waals surface area contributed by atoms with Crippen molar-refractivity contribution in [3.63, 3.8) is 0 Å². The smallest absolute Gasteiger partial charge is 0.327 e. The van der Waals surface area contributed by atoms with Gasteiger partial charge in [-0.3, -0.25) is 14.5 Å². The maximum absolute atomic E-state index is 13.0. The number of carbonyl (C=O) groups excluding carboxylic acids is 3. The number of hydrogen-bond donors (Lipinski definition) is 0. The first-order valence-corrected chi connectivity index (χ1v) is 7.08. The first-order valence-electron chi connectivity index (χ1n) is 7.08. The molecule has 0 aliphatic carbocycles. The summed E-state index contributed by atoms with van der Waals surface area (Å²) < 4.78 is 13.0. The third-order valence-electron chi connectivity index (χ3n) is 4.12. The number of halogens is 1. The van der Waals surface area contributed by atoms with Gasteiger partial charge < -0.3 is 9.80 Å². The Balaban J connectivity index is 1.67. The Kier molecular flexibility index (Phi) is 3.56. The second kappa shape index (κ2) is 5.40. The van der Waals surface area contributed by atoms with E-state index in [9.17, 15) is 18.8 Å². The molecule has 6 nitrogen and oxygen atoms in total. The standard InChI is InChI=1S/C15H16FN3O3/c1-17-8-13(20)19(15(17)22)9-14(21)18-7-6-12(18)10-2-4-11(16)5-3-10/h2-5,12H,6-9H2,1H3/t12-/m1/s1. The van der Waals surface area contributed by atoms with Crippen molar-refractivity contribution in [1.29, 1.82) is 0 Å². The van der Waals surface area contributed by atoms with Crippen LogP contribution in [0.25, 0.3) is 0 Å². The van der Waals surface area contributed by atoms with Crippen molar-refractivity contribution in [2.24, 2.45) is 0 Å². The van der Waals surface area contributed by atoms with Crippen LogP contribution in [0, 0.1) is 5.82 Å². The summed E-state index contributed by atoms with van der Waals surface area (Å²) in [6.45, 7) is 0.347. The molecule has 1 aromatic rings. The first kappa shape index (κ1) is 14.5. The minimum atomic E-state index is -0.447. The Morgan fingerprint density at radius 1 is 1.27 bits per heavy atom. The molecule has 0 bridgehead atoms. The summed E-state index contributed by atoms with van der Waals surface area (Å²) in [5, 5.41) is 0. The molecule has 22 heavy (non-hydrogen) atoms. The number of likely N-dealkylation sites (tertiary alicyclic amines) is 1. The zero-order chi connectivity index (χ0) is 15.9. The Morgan fingerprint density at radius 2 is 1.95 bits per heavy atom. The quantitative estimate of drug-likeness (QED) is 0.783.